The third kappa shape index (κ3) is 1.44. The molecule has 1 heterocycles. The highest BCUT2D eigenvalue weighted by Crippen LogP contribution is 2.77. The predicted octanol–water partition coefficient (Wildman–Crippen LogP) is 1.11. The molecule has 1 unspecified atom stereocenters. The number of hydrogen-bond donors (Lipinski definition) is 3. The van der Waals surface area contributed by atoms with Gasteiger partial charge in [0.25, 0.3) is 0 Å². The minimum atomic E-state index is -1.37. The van der Waals surface area contributed by atoms with Crippen LogP contribution >= 0.6 is 0 Å². The van der Waals surface area contributed by atoms with Gasteiger partial charge in [-0.15, -0.1) is 0 Å². The fourth-order valence-corrected chi connectivity index (χ4v) is 7.72. The lowest BCUT2D eigenvalue weighted by molar-refractivity contribution is -0.163. The van der Waals surface area contributed by atoms with E-state index in [1.165, 1.54) is 0 Å². The van der Waals surface area contributed by atoms with Crippen molar-refractivity contribution < 1.29 is 29.6 Å². The van der Waals surface area contributed by atoms with Crippen LogP contribution in [0, 0.1) is 34.5 Å². The van der Waals surface area contributed by atoms with E-state index in [0.717, 1.165) is 24.8 Å². The molecule has 136 valence electrons. The Morgan fingerprint density at radius 1 is 1.28 bits per heavy atom. The summed E-state index contributed by atoms with van der Waals surface area (Å²) in [4.78, 5) is 25.2. The van der Waals surface area contributed by atoms with Crippen LogP contribution < -0.4 is 0 Å². The van der Waals surface area contributed by atoms with Gasteiger partial charge in [-0.25, -0.2) is 0 Å². The zero-order valence-corrected chi connectivity index (χ0v) is 14.3. The Morgan fingerprint density at radius 3 is 2.68 bits per heavy atom. The molecule has 1 aliphatic heterocycles. The number of aliphatic carboxylic acids is 1. The van der Waals surface area contributed by atoms with Crippen molar-refractivity contribution in [2.45, 2.75) is 56.8 Å². The van der Waals surface area contributed by atoms with Crippen molar-refractivity contribution in [1.29, 1.82) is 0 Å². The molecule has 3 N–H and O–H groups in total. The van der Waals surface area contributed by atoms with E-state index in [0.29, 0.717) is 12.3 Å². The quantitative estimate of drug-likeness (QED) is 0.484. The number of fused-ring (bicyclic) bond motifs is 1. The zero-order chi connectivity index (χ0) is 17.9. The Bertz CT molecular complexity index is 717. The number of aliphatic hydroxyl groups excluding tert-OH is 2. The smallest absolute Gasteiger partial charge is 0.315 e. The summed E-state index contributed by atoms with van der Waals surface area (Å²) in [5.74, 6) is -2.57. The molecule has 4 saturated carbocycles. The Kier molecular flexibility index (Phi) is 2.71. The summed E-state index contributed by atoms with van der Waals surface area (Å²) in [6, 6.07) is 0. The molecule has 25 heavy (non-hydrogen) atoms. The average molecular weight is 348 g/mol. The fraction of sp³-hybridized carbons (Fsp3) is 0.789. The highest BCUT2D eigenvalue weighted by molar-refractivity contribution is 5.85. The van der Waals surface area contributed by atoms with Gasteiger partial charge < -0.3 is 20.1 Å². The molecule has 5 rings (SSSR count). The first-order valence-electron chi connectivity index (χ1n) is 9.18. The molecule has 6 heteroatoms. The molecule has 4 bridgehead atoms. The van der Waals surface area contributed by atoms with E-state index < -0.39 is 52.4 Å². The summed E-state index contributed by atoms with van der Waals surface area (Å²) < 4.78 is 5.92. The van der Waals surface area contributed by atoms with E-state index in [-0.39, 0.29) is 12.3 Å². The third-order valence-electron chi connectivity index (χ3n) is 8.47. The largest absolute Gasteiger partial charge is 0.481 e. The van der Waals surface area contributed by atoms with Gasteiger partial charge in [0.05, 0.1) is 18.1 Å². The van der Waals surface area contributed by atoms with E-state index in [9.17, 15) is 24.9 Å². The maximum absolute atomic E-state index is 12.7. The lowest BCUT2D eigenvalue weighted by Gasteiger charge is -2.46. The summed E-state index contributed by atoms with van der Waals surface area (Å²) >= 11 is 0. The molecule has 0 radical (unpaired) electrons. The van der Waals surface area contributed by atoms with Crippen LogP contribution in [-0.4, -0.2) is 45.1 Å². The predicted molar refractivity (Wildman–Crippen MR) is 85.2 cm³/mol. The molecule has 0 aromatic heterocycles. The normalized spacial score (nSPS) is 58.7. The van der Waals surface area contributed by atoms with Crippen LogP contribution in [0.3, 0.4) is 0 Å². The van der Waals surface area contributed by atoms with Crippen molar-refractivity contribution in [2.75, 3.05) is 0 Å². The van der Waals surface area contributed by atoms with E-state index >= 15 is 0 Å². The number of hydrogen-bond acceptors (Lipinski definition) is 5. The summed E-state index contributed by atoms with van der Waals surface area (Å²) in [7, 11) is 0. The lowest BCUT2D eigenvalue weighted by Crippen LogP contribution is -2.59. The average Bonchev–Trinajstić information content (AvgIpc) is 3.00. The molecule has 6 nitrogen and oxygen atoms in total. The maximum atomic E-state index is 12.7. The standard InChI is InChI=1S/C19H24O6/c1-8-5-18-6-9(8)3-4-11(18)19-7-10(20)14(21)17(2,16(24)25-19)13(19)12(18)15(22)23/h9-14,20-21H,1,3-7H2,2H3,(H,22,23)/t9?,10-,11+,12+,13+,14-,17-,18-,19+/m0/s1. The van der Waals surface area contributed by atoms with Crippen LogP contribution in [0.1, 0.15) is 39.0 Å². The van der Waals surface area contributed by atoms with Gasteiger partial charge in [-0.2, -0.15) is 0 Å². The second kappa shape index (κ2) is 4.29. The fourth-order valence-electron chi connectivity index (χ4n) is 7.72. The van der Waals surface area contributed by atoms with E-state index in [4.69, 9.17) is 4.74 Å². The first-order chi connectivity index (χ1) is 11.7. The van der Waals surface area contributed by atoms with Crippen molar-refractivity contribution in [3.05, 3.63) is 12.2 Å². The van der Waals surface area contributed by atoms with Crippen molar-refractivity contribution in [3.8, 4) is 0 Å². The van der Waals surface area contributed by atoms with Crippen LogP contribution in [0.2, 0.25) is 0 Å². The Labute approximate surface area is 145 Å². The minimum absolute atomic E-state index is 0.0884. The van der Waals surface area contributed by atoms with Gasteiger partial charge in [-0.05, 0) is 43.9 Å². The number of carbonyl (C=O) groups excluding carboxylic acids is 1. The van der Waals surface area contributed by atoms with Gasteiger partial charge in [0.1, 0.15) is 11.0 Å². The summed E-state index contributed by atoms with van der Waals surface area (Å²) in [5.41, 5.74) is -1.70. The number of carboxylic acid groups (broad SMARTS) is 1. The number of ether oxygens (including phenoxy) is 1. The Balaban J connectivity index is 1.76. The topological polar surface area (TPSA) is 104 Å². The molecule has 5 fully saturated rings. The number of carbonyl (C=O) groups is 2. The molecule has 4 aliphatic carbocycles. The van der Waals surface area contributed by atoms with Crippen molar-refractivity contribution in [3.63, 3.8) is 0 Å². The first-order valence-corrected chi connectivity index (χ1v) is 9.18. The van der Waals surface area contributed by atoms with Gasteiger partial charge in [0.15, 0.2) is 0 Å². The second-order valence-electron chi connectivity index (χ2n) is 9.24. The monoisotopic (exact) mass is 348 g/mol. The van der Waals surface area contributed by atoms with Gasteiger partial charge in [-0.3, -0.25) is 9.59 Å². The summed E-state index contributed by atoms with van der Waals surface area (Å²) in [6.45, 7) is 5.77. The van der Waals surface area contributed by atoms with Crippen LogP contribution in [-0.2, 0) is 14.3 Å². The summed E-state index contributed by atoms with van der Waals surface area (Å²) in [5, 5.41) is 31.3. The molecule has 0 aromatic carbocycles. The van der Waals surface area contributed by atoms with E-state index in [2.05, 4.69) is 6.58 Å². The molecule has 1 saturated heterocycles. The minimum Gasteiger partial charge on any atom is -0.481 e. The molecule has 5 aliphatic rings. The first kappa shape index (κ1) is 15.8. The Morgan fingerprint density at radius 2 is 2.00 bits per heavy atom. The SMILES string of the molecule is C=C1C[C@]23CC1CC[C@H]2[C@@]12C[C@H](O)[C@H](O)[C@@](C)(C(=O)O1)[C@H]2[C@@H]3C(=O)O. The second-order valence-corrected chi connectivity index (χ2v) is 9.24. The van der Waals surface area contributed by atoms with Crippen LogP contribution in [0.25, 0.3) is 0 Å². The van der Waals surface area contributed by atoms with E-state index in [1.54, 1.807) is 6.92 Å². The lowest BCUT2D eigenvalue weighted by atomic mass is 9.58. The van der Waals surface area contributed by atoms with Gasteiger partial charge in [0.2, 0.25) is 0 Å². The molecule has 0 aromatic rings. The zero-order valence-electron chi connectivity index (χ0n) is 14.3. The third-order valence-corrected chi connectivity index (χ3v) is 8.47. The molecule has 1 spiro atoms. The molecular formula is C19H24O6. The number of allylic oxidation sites excluding steroid dienone is 1. The van der Waals surface area contributed by atoms with Crippen LogP contribution in [0.15, 0.2) is 12.2 Å². The van der Waals surface area contributed by atoms with Gasteiger partial charge in [-0.1, -0.05) is 12.2 Å². The summed E-state index contributed by atoms with van der Waals surface area (Å²) in [6.07, 6.45) is 0.907. The number of aliphatic hydroxyl groups is 2. The van der Waals surface area contributed by atoms with Gasteiger partial charge >= 0.3 is 11.9 Å². The van der Waals surface area contributed by atoms with Crippen molar-refractivity contribution in [1.82, 2.24) is 0 Å². The number of esters is 1. The van der Waals surface area contributed by atoms with Crippen molar-refractivity contribution in [2.24, 2.45) is 34.5 Å². The van der Waals surface area contributed by atoms with Gasteiger partial charge in [0, 0.05) is 18.3 Å². The van der Waals surface area contributed by atoms with Crippen molar-refractivity contribution >= 4 is 11.9 Å². The Hall–Kier alpha value is -1.40. The highest BCUT2D eigenvalue weighted by atomic mass is 16.6. The van der Waals surface area contributed by atoms with E-state index in [1.807, 2.05) is 0 Å². The molecule has 9 atom stereocenters. The van der Waals surface area contributed by atoms with Crippen LogP contribution in [0.5, 0.6) is 0 Å². The van der Waals surface area contributed by atoms with Crippen LogP contribution in [0.4, 0.5) is 0 Å². The molecular weight excluding hydrogens is 324 g/mol. The number of rotatable bonds is 1. The highest BCUT2D eigenvalue weighted by Gasteiger charge is 2.84. The number of carboxylic acids is 1. The molecule has 0 amide bonds. The maximum Gasteiger partial charge on any atom is 0.315 e.